The average Bonchev–Trinajstić information content (AvgIpc) is 3.13. The van der Waals surface area contributed by atoms with Gasteiger partial charge in [-0.1, -0.05) is 6.07 Å². The SMILES string of the molecule is O=CO.O=S(=O)(c1cccc(F)c1)n1ncc2ccc(N3CCNCC3)cc21. The van der Waals surface area contributed by atoms with Gasteiger partial charge in [-0.3, -0.25) is 4.79 Å². The molecule has 1 aromatic heterocycles. The Labute approximate surface area is 161 Å². The lowest BCUT2D eigenvalue weighted by molar-refractivity contribution is -0.122. The molecule has 1 fully saturated rings. The van der Waals surface area contributed by atoms with Crippen LogP contribution in [0.15, 0.2) is 53.6 Å². The maximum absolute atomic E-state index is 13.5. The number of rotatable bonds is 3. The molecule has 0 aliphatic carbocycles. The zero-order valence-electron chi connectivity index (χ0n) is 14.8. The summed E-state index contributed by atoms with van der Waals surface area (Å²) in [5.74, 6) is -0.598. The molecule has 2 N–H and O–H groups in total. The minimum Gasteiger partial charge on any atom is -0.483 e. The summed E-state index contributed by atoms with van der Waals surface area (Å²) in [6.07, 6.45) is 1.51. The van der Waals surface area contributed by atoms with Gasteiger partial charge in [-0.05, 0) is 36.4 Å². The summed E-state index contributed by atoms with van der Waals surface area (Å²) < 4.78 is 40.1. The number of hydrogen-bond acceptors (Lipinski definition) is 6. The number of benzene rings is 2. The van der Waals surface area contributed by atoms with Crippen LogP contribution in [0.3, 0.4) is 0 Å². The van der Waals surface area contributed by atoms with Gasteiger partial charge >= 0.3 is 0 Å². The van der Waals surface area contributed by atoms with Crippen LogP contribution in [0.5, 0.6) is 0 Å². The van der Waals surface area contributed by atoms with E-state index in [0.29, 0.717) is 5.52 Å². The third-order valence-electron chi connectivity index (χ3n) is 4.33. The molecule has 2 heterocycles. The molecule has 0 atom stereocenters. The number of carbonyl (C=O) groups is 1. The fraction of sp³-hybridized carbons (Fsp3) is 0.222. The summed E-state index contributed by atoms with van der Waals surface area (Å²) in [5, 5.41) is 14.9. The van der Waals surface area contributed by atoms with Crippen LogP contribution in [0.1, 0.15) is 0 Å². The van der Waals surface area contributed by atoms with Crippen molar-refractivity contribution < 1.29 is 22.7 Å². The van der Waals surface area contributed by atoms with Crippen LogP contribution in [0.25, 0.3) is 10.9 Å². The first-order valence-corrected chi connectivity index (χ1v) is 9.94. The molecule has 28 heavy (non-hydrogen) atoms. The van der Waals surface area contributed by atoms with Gasteiger partial charge in [-0.2, -0.15) is 17.6 Å². The molecule has 1 aliphatic rings. The van der Waals surface area contributed by atoms with E-state index in [1.165, 1.54) is 24.4 Å². The number of halogens is 1. The molecule has 148 valence electrons. The van der Waals surface area contributed by atoms with Gasteiger partial charge in [0.05, 0.1) is 16.6 Å². The van der Waals surface area contributed by atoms with Crippen LogP contribution >= 0.6 is 0 Å². The topological polar surface area (TPSA) is 105 Å². The molecule has 2 aromatic carbocycles. The second-order valence-electron chi connectivity index (χ2n) is 6.04. The van der Waals surface area contributed by atoms with Crippen LogP contribution in [0.2, 0.25) is 0 Å². The highest BCUT2D eigenvalue weighted by Crippen LogP contribution is 2.25. The Kier molecular flexibility index (Phi) is 5.90. The van der Waals surface area contributed by atoms with E-state index < -0.39 is 15.8 Å². The zero-order valence-corrected chi connectivity index (χ0v) is 15.6. The lowest BCUT2D eigenvalue weighted by Gasteiger charge is -2.29. The Bertz CT molecular complexity index is 1080. The summed E-state index contributed by atoms with van der Waals surface area (Å²) in [6.45, 7) is 3.24. The number of nitrogens with one attached hydrogen (secondary N) is 1. The lowest BCUT2D eigenvalue weighted by Crippen LogP contribution is -2.43. The van der Waals surface area contributed by atoms with E-state index in [-0.39, 0.29) is 11.4 Å². The zero-order chi connectivity index (χ0) is 20.1. The Balaban J connectivity index is 0.000000706. The van der Waals surface area contributed by atoms with E-state index in [2.05, 4.69) is 15.3 Å². The molecule has 0 amide bonds. The van der Waals surface area contributed by atoms with Crippen molar-refractivity contribution in [2.24, 2.45) is 0 Å². The quantitative estimate of drug-likeness (QED) is 0.636. The molecule has 1 aliphatic heterocycles. The van der Waals surface area contributed by atoms with Crippen molar-refractivity contribution in [2.45, 2.75) is 4.90 Å². The number of hydrogen-bond donors (Lipinski definition) is 2. The van der Waals surface area contributed by atoms with E-state index in [4.69, 9.17) is 9.90 Å². The monoisotopic (exact) mass is 406 g/mol. The number of anilines is 1. The largest absolute Gasteiger partial charge is 0.483 e. The minimum atomic E-state index is -3.96. The summed E-state index contributed by atoms with van der Waals surface area (Å²) in [7, 11) is -3.96. The number of fused-ring (bicyclic) bond motifs is 1. The molecule has 3 aromatic rings. The van der Waals surface area contributed by atoms with Crippen molar-refractivity contribution in [3.63, 3.8) is 0 Å². The van der Waals surface area contributed by atoms with Crippen molar-refractivity contribution in [3.8, 4) is 0 Å². The number of carboxylic acid groups (broad SMARTS) is 1. The van der Waals surface area contributed by atoms with E-state index in [0.717, 1.165) is 47.4 Å². The molecule has 0 unspecified atom stereocenters. The first kappa shape index (κ1) is 19.8. The highest BCUT2D eigenvalue weighted by molar-refractivity contribution is 7.90. The van der Waals surface area contributed by atoms with Gasteiger partial charge in [0.2, 0.25) is 0 Å². The molecule has 0 radical (unpaired) electrons. The van der Waals surface area contributed by atoms with Gasteiger partial charge < -0.3 is 15.3 Å². The van der Waals surface area contributed by atoms with Crippen molar-refractivity contribution in [1.82, 2.24) is 14.5 Å². The van der Waals surface area contributed by atoms with Crippen molar-refractivity contribution in [1.29, 1.82) is 0 Å². The molecular formula is C18H19FN4O4S. The summed E-state index contributed by atoms with van der Waals surface area (Å²) >= 11 is 0. The second-order valence-corrected chi connectivity index (χ2v) is 7.80. The Morgan fingerprint density at radius 2 is 1.86 bits per heavy atom. The molecule has 0 spiro atoms. The summed E-state index contributed by atoms with van der Waals surface area (Å²) in [5.41, 5.74) is 1.44. The molecule has 10 heteroatoms. The molecule has 1 saturated heterocycles. The number of nitrogens with zero attached hydrogens (tertiary/aromatic N) is 3. The predicted molar refractivity (Wildman–Crippen MR) is 102 cm³/mol. The van der Waals surface area contributed by atoms with E-state index in [1.807, 2.05) is 18.2 Å². The highest BCUT2D eigenvalue weighted by atomic mass is 32.2. The van der Waals surface area contributed by atoms with Crippen molar-refractivity contribution in [3.05, 3.63) is 54.5 Å². The Morgan fingerprint density at radius 3 is 2.54 bits per heavy atom. The standard InChI is InChI=1S/C17H17FN4O2S.CH2O2/c18-14-2-1-3-16(10-14)25(23,24)22-17-11-15(5-4-13(17)12-20-22)21-8-6-19-7-9-21;2-1-3/h1-5,10-12,19H,6-9H2;1H,(H,2,3). The van der Waals surface area contributed by atoms with Gasteiger partial charge in [0.1, 0.15) is 5.82 Å². The molecule has 0 saturated carbocycles. The smallest absolute Gasteiger partial charge is 0.290 e. The second kappa shape index (κ2) is 8.36. The van der Waals surface area contributed by atoms with Crippen LogP contribution in [-0.4, -0.2) is 55.4 Å². The average molecular weight is 406 g/mol. The fourth-order valence-electron chi connectivity index (χ4n) is 3.02. The molecule has 0 bridgehead atoms. The Hall–Kier alpha value is -2.98. The summed E-state index contributed by atoms with van der Waals surface area (Å²) in [4.78, 5) is 10.4. The normalized spacial score (nSPS) is 14.4. The van der Waals surface area contributed by atoms with Gasteiger partial charge in [-0.25, -0.2) is 4.39 Å². The molecule has 8 nitrogen and oxygen atoms in total. The van der Waals surface area contributed by atoms with Gasteiger partial charge in [0, 0.05) is 37.3 Å². The maximum Gasteiger partial charge on any atom is 0.290 e. The Morgan fingerprint density at radius 1 is 1.14 bits per heavy atom. The van der Waals surface area contributed by atoms with Gasteiger partial charge in [-0.15, -0.1) is 0 Å². The lowest BCUT2D eigenvalue weighted by atomic mass is 10.2. The third kappa shape index (κ3) is 3.97. The van der Waals surface area contributed by atoms with Crippen LogP contribution in [-0.2, 0) is 14.8 Å². The molecule has 4 rings (SSSR count). The van der Waals surface area contributed by atoms with Gasteiger partial charge in [0.15, 0.2) is 0 Å². The van der Waals surface area contributed by atoms with E-state index >= 15 is 0 Å². The van der Waals surface area contributed by atoms with Crippen LogP contribution in [0.4, 0.5) is 10.1 Å². The van der Waals surface area contributed by atoms with Crippen molar-refractivity contribution in [2.75, 3.05) is 31.1 Å². The third-order valence-corrected chi connectivity index (χ3v) is 5.92. The summed E-state index contributed by atoms with van der Waals surface area (Å²) in [6, 6.07) is 10.6. The fourth-order valence-corrected chi connectivity index (χ4v) is 4.32. The predicted octanol–water partition coefficient (Wildman–Crippen LogP) is 1.52. The number of piperazine rings is 1. The van der Waals surface area contributed by atoms with Crippen LogP contribution in [0, 0.1) is 5.82 Å². The first-order valence-electron chi connectivity index (χ1n) is 8.50. The highest BCUT2D eigenvalue weighted by Gasteiger charge is 2.22. The maximum atomic E-state index is 13.5. The van der Waals surface area contributed by atoms with E-state index in [1.54, 1.807) is 0 Å². The van der Waals surface area contributed by atoms with Crippen LogP contribution < -0.4 is 10.2 Å². The minimum absolute atomic E-state index is 0.120. The first-order chi connectivity index (χ1) is 13.5. The van der Waals surface area contributed by atoms with E-state index in [9.17, 15) is 12.8 Å². The number of aromatic nitrogens is 2. The molecular weight excluding hydrogens is 387 g/mol. The van der Waals surface area contributed by atoms with Crippen molar-refractivity contribution >= 4 is 33.1 Å². The van der Waals surface area contributed by atoms with Gasteiger partial charge in [0.25, 0.3) is 16.5 Å².